The third-order valence-electron chi connectivity index (χ3n) is 3.70. The molecular weight excluding hydrogens is 260 g/mol. The number of nitrogens with two attached hydrogens (primary N) is 1. The van der Waals surface area contributed by atoms with E-state index in [1.807, 2.05) is 38.2 Å². The van der Waals surface area contributed by atoms with Crippen LogP contribution in [0.15, 0.2) is 24.3 Å². The third-order valence-corrected chi connectivity index (χ3v) is 4.05. The lowest BCUT2D eigenvalue weighted by atomic mass is 10.0. The molecule has 106 valence electrons. The number of rotatable bonds is 6. The predicted octanol–water partition coefficient (Wildman–Crippen LogP) is 3.23. The summed E-state index contributed by atoms with van der Waals surface area (Å²) in [6.45, 7) is 4.60. The number of amides is 1. The van der Waals surface area contributed by atoms with E-state index in [0.29, 0.717) is 18.0 Å². The van der Waals surface area contributed by atoms with Gasteiger partial charge < -0.3 is 10.6 Å². The van der Waals surface area contributed by atoms with E-state index in [1.165, 1.54) is 0 Å². The first-order chi connectivity index (χ1) is 9.01. The molecule has 0 heterocycles. The predicted molar refractivity (Wildman–Crippen MR) is 80.1 cm³/mol. The molecule has 1 aromatic carbocycles. The van der Waals surface area contributed by atoms with Gasteiger partial charge in [-0.1, -0.05) is 43.1 Å². The van der Waals surface area contributed by atoms with Gasteiger partial charge in [-0.25, -0.2) is 0 Å². The molecule has 2 unspecified atom stereocenters. The second-order valence-corrected chi connectivity index (χ2v) is 5.32. The Hall–Kier alpha value is -1.06. The summed E-state index contributed by atoms with van der Waals surface area (Å²) >= 11 is 6.17. The lowest BCUT2D eigenvalue weighted by molar-refractivity contribution is -0.132. The number of hydrogen-bond donors (Lipinski definition) is 1. The van der Waals surface area contributed by atoms with Gasteiger partial charge in [0.05, 0.1) is 6.04 Å². The first-order valence-corrected chi connectivity index (χ1v) is 7.09. The minimum atomic E-state index is -0.0310. The minimum Gasteiger partial charge on any atom is -0.339 e. The van der Waals surface area contributed by atoms with Crippen LogP contribution in [0.4, 0.5) is 0 Å². The van der Waals surface area contributed by atoms with Crippen molar-refractivity contribution in [1.82, 2.24) is 4.90 Å². The van der Waals surface area contributed by atoms with Crippen molar-refractivity contribution in [1.29, 1.82) is 0 Å². The molecule has 3 nitrogen and oxygen atoms in total. The third kappa shape index (κ3) is 4.22. The van der Waals surface area contributed by atoms with Crippen LogP contribution in [0.1, 0.15) is 38.3 Å². The van der Waals surface area contributed by atoms with Crippen molar-refractivity contribution in [3.05, 3.63) is 34.9 Å². The fourth-order valence-electron chi connectivity index (χ4n) is 2.02. The molecule has 1 aromatic rings. The summed E-state index contributed by atoms with van der Waals surface area (Å²) in [4.78, 5) is 14.0. The summed E-state index contributed by atoms with van der Waals surface area (Å²) in [7, 11) is 1.82. The van der Waals surface area contributed by atoms with Gasteiger partial charge in [0, 0.05) is 18.5 Å². The van der Waals surface area contributed by atoms with Gasteiger partial charge in [-0.2, -0.15) is 0 Å². The summed E-state index contributed by atoms with van der Waals surface area (Å²) in [5.74, 6) is 0.373. The first kappa shape index (κ1) is 16.0. The minimum absolute atomic E-state index is 0.0310. The monoisotopic (exact) mass is 282 g/mol. The van der Waals surface area contributed by atoms with E-state index in [9.17, 15) is 4.79 Å². The molecule has 0 aliphatic rings. The standard InChI is InChI=1S/C15H23ClN2O/c1-4-12(10-17)9-15(19)18(3)11(2)13-7-5-6-8-14(13)16/h5-8,11-12H,4,9-10,17H2,1-3H3. The molecule has 4 heteroatoms. The highest BCUT2D eigenvalue weighted by atomic mass is 35.5. The van der Waals surface area contributed by atoms with Gasteiger partial charge in [0.1, 0.15) is 0 Å². The van der Waals surface area contributed by atoms with E-state index in [-0.39, 0.29) is 17.9 Å². The topological polar surface area (TPSA) is 46.3 Å². The zero-order valence-corrected chi connectivity index (χ0v) is 12.7. The molecule has 19 heavy (non-hydrogen) atoms. The average molecular weight is 283 g/mol. The maximum Gasteiger partial charge on any atom is 0.223 e. The Morgan fingerprint density at radius 3 is 2.58 bits per heavy atom. The Labute approximate surface area is 120 Å². The molecule has 0 fully saturated rings. The number of benzene rings is 1. The summed E-state index contributed by atoms with van der Waals surface area (Å²) in [5, 5.41) is 0.695. The van der Waals surface area contributed by atoms with Gasteiger partial charge in [-0.15, -0.1) is 0 Å². The highest BCUT2D eigenvalue weighted by Gasteiger charge is 2.21. The molecule has 0 aliphatic carbocycles. The Bertz CT molecular complexity index is 418. The zero-order chi connectivity index (χ0) is 14.4. The van der Waals surface area contributed by atoms with Gasteiger partial charge in [-0.05, 0) is 31.0 Å². The van der Waals surface area contributed by atoms with Crippen molar-refractivity contribution in [3.8, 4) is 0 Å². The van der Waals surface area contributed by atoms with E-state index >= 15 is 0 Å². The molecule has 0 radical (unpaired) electrons. The van der Waals surface area contributed by atoms with Crippen LogP contribution >= 0.6 is 11.6 Å². The number of carbonyl (C=O) groups is 1. The molecule has 2 N–H and O–H groups in total. The summed E-state index contributed by atoms with van der Waals surface area (Å²) in [5.41, 5.74) is 6.62. The van der Waals surface area contributed by atoms with Gasteiger partial charge in [0.2, 0.25) is 5.91 Å². The fraction of sp³-hybridized carbons (Fsp3) is 0.533. The van der Waals surface area contributed by atoms with Crippen molar-refractivity contribution in [3.63, 3.8) is 0 Å². The normalized spacial score (nSPS) is 13.9. The van der Waals surface area contributed by atoms with Crippen molar-refractivity contribution in [2.45, 2.75) is 32.7 Å². The number of carbonyl (C=O) groups excluding carboxylic acids is 1. The van der Waals surface area contributed by atoms with Crippen LogP contribution in [0.2, 0.25) is 5.02 Å². The van der Waals surface area contributed by atoms with Gasteiger partial charge >= 0.3 is 0 Å². The van der Waals surface area contributed by atoms with E-state index in [2.05, 4.69) is 6.92 Å². The lowest BCUT2D eigenvalue weighted by Crippen LogP contribution is -2.32. The molecular formula is C15H23ClN2O. The van der Waals surface area contributed by atoms with E-state index in [0.717, 1.165) is 12.0 Å². The molecule has 0 bridgehead atoms. The second-order valence-electron chi connectivity index (χ2n) is 4.92. The van der Waals surface area contributed by atoms with Crippen molar-refractivity contribution in [2.24, 2.45) is 11.7 Å². The number of halogens is 1. The highest BCUT2D eigenvalue weighted by Crippen LogP contribution is 2.27. The van der Waals surface area contributed by atoms with E-state index in [4.69, 9.17) is 17.3 Å². The Morgan fingerprint density at radius 1 is 1.42 bits per heavy atom. The van der Waals surface area contributed by atoms with Gasteiger partial charge in [0.15, 0.2) is 0 Å². The molecule has 0 spiro atoms. The van der Waals surface area contributed by atoms with Crippen LogP contribution in [0.3, 0.4) is 0 Å². The lowest BCUT2D eigenvalue weighted by Gasteiger charge is -2.27. The summed E-state index contributed by atoms with van der Waals surface area (Å²) in [6, 6.07) is 7.60. The van der Waals surface area contributed by atoms with Crippen LogP contribution in [0, 0.1) is 5.92 Å². The smallest absolute Gasteiger partial charge is 0.223 e. The Morgan fingerprint density at radius 2 is 2.05 bits per heavy atom. The number of nitrogens with zero attached hydrogens (tertiary/aromatic N) is 1. The molecule has 1 amide bonds. The first-order valence-electron chi connectivity index (χ1n) is 6.71. The summed E-state index contributed by atoms with van der Waals surface area (Å²) < 4.78 is 0. The van der Waals surface area contributed by atoms with Gasteiger partial charge in [0.25, 0.3) is 0 Å². The second kappa shape index (κ2) is 7.51. The molecule has 0 aromatic heterocycles. The highest BCUT2D eigenvalue weighted by molar-refractivity contribution is 6.31. The quantitative estimate of drug-likeness (QED) is 0.871. The van der Waals surface area contributed by atoms with Crippen LogP contribution in [-0.2, 0) is 4.79 Å². The maximum atomic E-state index is 12.2. The molecule has 2 atom stereocenters. The van der Waals surface area contributed by atoms with E-state index in [1.54, 1.807) is 4.90 Å². The van der Waals surface area contributed by atoms with Crippen LogP contribution < -0.4 is 5.73 Å². The zero-order valence-electron chi connectivity index (χ0n) is 11.9. The molecule has 0 saturated heterocycles. The number of hydrogen-bond acceptors (Lipinski definition) is 2. The molecule has 1 rings (SSSR count). The fourth-order valence-corrected chi connectivity index (χ4v) is 2.32. The van der Waals surface area contributed by atoms with E-state index < -0.39 is 0 Å². The average Bonchev–Trinajstić information content (AvgIpc) is 2.43. The van der Waals surface area contributed by atoms with Crippen LogP contribution in [0.25, 0.3) is 0 Å². The van der Waals surface area contributed by atoms with Crippen molar-refractivity contribution in [2.75, 3.05) is 13.6 Å². The van der Waals surface area contributed by atoms with Crippen LogP contribution in [-0.4, -0.2) is 24.4 Å². The maximum absolute atomic E-state index is 12.2. The molecule has 0 aliphatic heterocycles. The largest absolute Gasteiger partial charge is 0.339 e. The van der Waals surface area contributed by atoms with Crippen molar-refractivity contribution < 1.29 is 4.79 Å². The van der Waals surface area contributed by atoms with Gasteiger partial charge in [-0.3, -0.25) is 4.79 Å². The SMILES string of the molecule is CCC(CN)CC(=O)N(C)C(C)c1ccccc1Cl. The summed E-state index contributed by atoms with van der Waals surface area (Å²) in [6.07, 6.45) is 1.43. The van der Waals surface area contributed by atoms with Crippen LogP contribution in [0.5, 0.6) is 0 Å². The molecule has 0 saturated carbocycles. The Kier molecular flexibility index (Phi) is 6.32. The Balaban J connectivity index is 2.74. The van der Waals surface area contributed by atoms with Crippen molar-refractivity contribution >= 4 is 17.5 Å².